The van der Waals surface area contributed by atoms with Gasteiger partial charge in [0.15, 0.2) is 0 Å². The van der Waals surface area contributed by atoms with E-state index in [-0.39, 0.29) is 10.7 Å². The van der Waals surface area contributed by atoms with Crippen molar-refractivity contribution >= 4 is 11.6 Å². The highest BCUT2D eigenvalue weighted by Gasteiger charge is 2.28. The van der Waals surface area contributed by atoms with Gasteiger partial charge < -0.3 is 4.74 Å². The molecule has 1 saturated carbocycles. The minimum Gasteiger partial charge on any atom is -0.492 e. The molecule has 1 aliphatic carbocycles. The molecule has 0 saturated heterocycles. The van der Waals surface area contributed by atoms with Crippen LogP contribution in [0.2, 0.25) is 5.15 Å². The van der Waals surface area contributed by atoms with E-state index < -0.39 is 0 Å². The zero-order valence-electron chi connectivity index (χ0n) is 11.0. The molecule has 5 heteroatoms. The summed E-state index contributed by atoms with van der Waals surface area (Å²) >= 11 is 5.87. The summed E-state index contributed by atoms with van der Waals surface area (Å²) in [6.07, 6.45) is 2.15. The van der Waals surface area contributed by atoms with Crippen LogP contribution >= 0.6 is 11.6 Å². The number of para-hydroxylation sites is 1. The van der Waals surface area contributed by atoms with E-state index >= 15 is 0 Å². The molecule has 1 aromatic carbocycles. The lowest BCUT2D eigenvalue weighted by atomic mass is 10.3. The molecule has 0 aliphatic heterocycles. The van der Waals surface area contributed by atoms with Gasteiger partial charge in [-0.3, -0.25) is 9.36 Å². The molecule has 104 valence electrons. The molecule has 0 unspecified atom stereocenters. The quantitative estimate of drug-likeness (QED) is 0.795. The molecule has 2 aromatic rings. The fourth-order valence-electron chi connectivity index (χ4n) is 2.14. The molecule has 1 aliphatic rings. The first-order valence-electron chi connectivity index (χ1n) is 6.69. The summed E-state index contributed by atoms with van der Waals surface area (Å²) in [6.45, 7) is 0.927. The van der Waals surface area contributed by atoms with Crippen molar-refractivity contribution in [3.63, 3.8) is 0 Å². The van der Waals surface area contributed by atoms with Gasteiger partial charge in [-0.15, -0.1) is 0 Å². The summed E-state index contributed by atoms with van der Waals surface area (Å²) in [5, 5.41) is 0.275. The number of hydrogen-bond acceptors (Lipinski definition) is 3. The van der Waals surface area contributed by atoms with Crippen LogP contribution in [0.25, 0.3) is 0 Å². The fraction of sp³-hybridized carbons (Fsp3) is 0.333. The largest absolute Gasteiger partial charge is 0.492 e. The number of halogens is 1. The molecule has 0 atom stereocenters. The van der Waals surface area contributed by atoms with Gasteiger partial charge in [0.25, 0.3) is 5.56 Å². The number of nitrogens with zero attached hydrogens (tertiary/aromatic N) is 2. The van der Waals surface area contributed by atoms with Crippen molar-refractivity contribution in [3.05, 3.63) is 57.7 Å². The van der Waals surface area contributed by atoms with Crippen LogP contribution in [0.3, 0.4) is 0 Å². The van der Waals surface area contributed by atoms with Gasteiger partial charge >= 0.3 is 0 Å². The summed E-state index contributed by atoms with van der Waals surface area (Å²) in [5.74, 6) is 1.97. The van der Waals surface area contributed by atoms with Crippen molar-refractivity contribution in [3.8, 4) is 5.75 Å². The van der Waals surface area contributed by atoms with Gasteiger partial charge in [0.2, 0.25) is 0 Å². The van der Waals surface area contributed by atoms with E-state index in [4.69, 9.17) is 16.3 Å². The van der Waals surface area contributed by atoms with Crippen LogP contribution in [-0.4, -0.2) is 16.2 Å². The predicted molar refractivity (Wildman–Crippen MR) is 77.4 cm³/mol. The topological polar surface area (TPSA) is 44.1 Å². The third kappa shape index (κ3) is 3.02. The normalized spacial score (nSPS) is 14.2. The first kappa shape index (κ1) is 13.2. The molecule has 4 nitrogen and oxygen atoms in total. The van der Waals surface area contributed by atoms with E-state index in [9.17, 15) is 4.79 Å². The molecule has 3 rings (SSSR count). The maximum atomic E-state index is 12.0. The van der Waals surface area contributed by atoms with E-state index in [2.05, 4.69) is 4.98 Å². The van der Waals surface area contributed by atoms with E-state index in [1.807, 2.05) is 30.3 Å². The Labute approximate surface area is 122 Å². The van der Waals surface area contributed by atoms with Crippen LogP contribution < -0.4 is 10.3 Å². The first-order valence-corrected chi connectivity index (χ1v) is 7.07. The lowest BCUT2D eigenvalue weighted by Crippen LogP contribution is -2.26. The molecule has 0 radical (unpaired) electrons. The summed E-state index contributed by atoms with van der Waals surface area (Å²) in [7, 11) is 0. The average Bonchev–Trinajstić information content (AvgIpc) is 3.26. The third-order valence-electron chi connectivity index (χ3n) is 3.28. The van der Waals surface area contributed by atoms with Gasteiger partial charge in [-0.2, -0.15) is 0 Å². The summed E-state index contributed by atoms with van der Waals surface area (Å²) < 4.78 is 7.30. The van der Waals surface area contributed by atoms with Gasteiger partial charge in [-0.1, -0.05) is 29.8 Å². The minimum atomic E-state index is -0.108. The highest BCUT2D eigenvalue weighted by molar-refractivity contribution is 6.29. The summed E-state index contributed by atoms with van der Waals surface area (Å²) in [4.78, 5) is 16.3. The van der Waals surface area contributed by atoms with E-state index in [0.29, 0.717) is 19.1 Å². The SMILES string of the molecule is O=c1cc(Cl)nc(C2CC2)n1CCOc1ccccc1. The average molecular weight is 291 g/mol. The second-order valence-electron chi connectivity index (χ2n) is 4.86. The van der Waals surface area contributed by atoms with Crippen LogP contribution in [0.5, 0.6) is 5.75 Å². The smallest absolute Gasteiger partial charge is 0.255 e. The van der Waals surface area contributed by atoms with Crippen molar-refractivity contribution in [2.75, 3.05) is 6.61 Å². The maximum absolute atomic E-state index is 12.0. The van der Waals surface area contributed by atoms with Gasteiger partial charge in [0.05, 0.1) is 6.54 Å². The standard InChI is InChI=1S/C15H15ClN2O2/c16-13-10-14(19)18(15(17-13)11-6-7-11)8-9-20-12-4-2-1-3-5-12/h1-5,10-11H,6-9H2. The van der Waals surface area contributed by atoms with Gasteiger partial charge in [0, 0.05) is 12.0 Å². The summed E-state index contributed by atoms with van der Waals surface area (Å²) in [6, 6.07) is 10.9. The summed E-state index contributed by atoms with van der Waals surface area (Å²) in [5.41, 5.74) is -0.108. The molecule has 0 spiro atoms. The molecular formula is C15H15ClN2O2. The van der Waals surface area contributed by atoms with Gasteiger partial charge in [0.1, 0.15) is 23.3 Å². The number of rotatable bonds is 5. The van der Waals surface area contributed by atoms with Crippen molar-refractivity contribution in [2.24, 2.45) is 0 Å². The minimum absolute atomic E-state index is 0.108. The second-order valence-corrected chi connectivity index (χ2v) is 5.25. The molecule has 0 N–H and O–H groups in total. The highest BCUT2D eigenvalue weighted by Crippen LogP contribution is 2.38. The third-order valence-corrected chi connectivity index (χ3v) is 3.47. The predicted octanol–water partition coefficient (Wildman–Crippen LogP) is 2.85. The number of aromatic nitrogens is 2. The maximum Gasteiger partial charge on any atom is 0.255 e. The van der Waals surface area contributed by atoms with Crippen LogP contribution in [0.15, 0.2) is 41.2 Å². The Morgan fingerprint density at radius 3 is 2.75 bits per heavy atom. The Balaban J connectivity index is 1.72. The second kappa shape index (κ2) is 5.67. The van der Waals surface area contributed by atoms with Crippen LogP contribution in [0.4, 0.5) is 0 Å². The van der Waals surface area contributed by atoms with E-state index in [1.165, 1.54) is 6.07 Å². The Hall–Kier alpha value is -1.81. The van der Waals surface area contributed by atoms with Crippen LogP contribution in [-0.2, 0) is 6.54 Å². The molecule has 0 bridgehead atoms. The lowest BCUT2D eigenvalue weighted by molar-refractivity contribution is 0.293. The monoisotopic (exact) mass is 290 g/mol. The zero-order chi connectivity index (χ0) is 13.9. The Morgan fingerprint density at radius 1 is 1.30 bits per heavy atom. The van der Waals surface area contributed by atoms with Crippen molar-refractivity contribution in [2.45, 2.75) is 25.3 Å². The number of benzene rings is 1. The highest BCUT2D eigenvalue weighted by atomic mass is 35.5. The molecule has 0 amide bonds. The number of hydrogen-bond donors (Lipinski definition) is 0. The Morgan fingerprint density at radius 2 is 2.05 bits per heavy atom. The van der Waals surface area contributed by atoms with Gasteiger partial charge in [-0.05, 0) is 25.0 Å². The van der Waals surface area contributed by atoms with Crippen LogP contribution in [0, 0.1) is 0 Å². The van der Waals surface area contributed by atoms with Crippen molar-refractivity contribution < 1.29 is 4.74 Å². The fourth-order valence-corrected chi connectivity index (χ4v) is 2.32. The van der Waals surface area contributed by atoms with E-state index in [0.717, 1.165) is 24.4 Å². The molecule has 1 fully saturated rings. The molecular weight excluding hydrogens is 276 g/mol. The Bertz CT molecular complexity index is 651. The molecule has 20 heavy (non-hydrogen) atoms. The van der Waals surface area contributed by atoms with Crippen molar-refractivity contribution in [1.82, 2.24) is 9.55 Å². The molecule has 1 heterocycles. The lowest BCUT2D eigenvalue weighted by Gasteiger charge is -2.12. The Kier molecular flexibility index (Phi) is 3.74. The van der Waals surface area contributed by atoms with Crippen LogP contribution in [0.1, 0.15) is 24.6 Å². The zero-order valence-corrected chi connectivity index (χ0v) is 11.7. The van der Waals surface area contributed by atoms with E-state index in [1.54, 1.807) is 4.57 Å². The number of ether oxygens (including phenoxy) is 1. The van der Waals surface area contributed by atoms with Crippen molar-refractivity contribution in [1.29, 1.82) is 0 Å². The molecule has 1 aromatic heterocycles. The first-order chi connectivity index (χ1) is 9.74. The van der Waals surface area contributed by atoms with Gasteiger partial charge in [-0.25, -0.2) is 4.98 Å².